The van der Waals surface area contributed by atoms with E-state index in [4.69, 9.17) is 9.26 Å². The zero-order chi connectivity index (χ0) is 17.3. The minimum Gasteiger partial charge on any atom is -0.445 e. The van der Waals surface area contributed by atoms with Crippen LogP contribution in [0.1, 0.15) is 39.2 Å². The fourth-order valence-corrected chi connectivity index (χ4v) is 3.95. The molecule has 1 amide bonds. The van der Waals surface area contributed by atoms with Gasteiger partial charge in [-0.2, -0.15) is 0 Å². The zero-order valence-electron chi connectivity index (χ0n) is 14.5. The van der Waals surface area contributed by atoms with E-state index < -0.39 is 19.2 Å². The van der Waals surface area contributed by atoms with E-state index in [2.05, 4.69) is 5.32 Å². The summed E-state index contributed by atoms with van der Waals surface area (Å²) in [6.45, 7) is 8.17. The van der Waals surface area contributed by atoms with E-state index in [0.29, 0.717) is 13.0 Å². The number of ether oxygens (including phenoxy) is 1. The number of nitrogens with one attached hydrogen (secondary N) is 1. The van der Waals surface area contributed by atoms with Crippen LogP contribution in [0.4, 0.5) is 4.79 Å². The standard InChI is InChI=1S/C17H28NO4P/c1-5-11-22-23(4,20)16(12-14(2)3)18-17(19)21-13-15-9-7-6-8-10-15/h6-10,14,16H,5,11-13H2,1-4H3,(H,18,19). The maximum Gasteiger partial charge on any atom is 0.408 e. The Kier molecular flexibility index (Phi) is 8.35. The molecule has 0 saturated heterocycles. The molecule has 23 heavy (non-hydrogen) atoms. The molecule has 130 valence electrons. The van der Waals surface area contributed by atoms with Crippen molar-refractivity contribution < 1.29 is 18.6 Å². The third-order valence-corrected chi connectivity index (χ3v) is 5.48. The van der Waals surface area contributed by atoms with Gasteiger partial charge in [-0.15, -0.1) is 0 Å². The van der Waals surface area contributed by atoms with Crippen LogP contribution in [-0.2, 0) is 20.4 Å². The summed E-state index contributed by atoms with van der Waals surface area (Å²) in [6, 6.07) is 9.44. The van der Waals surface area contributed by atoms with Crippen molar-refractivity contribution >= 4 is 13.5 Å². The summed E-state index contributed by atoms with van der Waals surface area (Å²) in [5.74, 6) is -0.245. The van der Waals surface area contributed by atoms with Gasteiger partial charge < -0.3 is 14.6 Å². The first kappa shape index (κ1) is 19.7. The van der Waals surface area contributed by atoms with Crippen molar-refractivity contribution in [2.45, 2.75) is 46.0 Å². The van der Waals surface area contributed by atoms with Crippen LogP contribution >= 0.6 is 7.37 Å². The van der Waals surface area contributed by atoms with Crippen LogP contribution in [0.3, 0.4) is 0 Å². The second-order valence-electron chi connectivity index (χ2n) is 6.09. The van der Waals surface area contributed by atoms with Crippen molar-refractivity contribution in [1.82, 2.24) is 5.32 Å². The molecule has 5 nitrogen and oxygen atoms in total. The number of alkyl carbamates (subject to hydrolysis) is 1. The average Bonchev–Trinajstić information content (AvgIpc) is 2.51. The highest BCUT2D eigenvalue weighted by Gasteiger charge is 2.31. The SMILES string of the molecule is CCCOP(C)(=O)C(CC(C)C)NC(=O)OCc1ccccc1. The van der Waals surface area contributed by atoms with Crippen molar-refractivity contribution in [2.24, 2.45) is 5.92 Å². The first-order valence-corrected chi connectivity index (χ1v) is 10.2. The topological polar surface area (TPSA) is 64.6 Å². The van der Waals surface area contributed by atoms with Gasteiger partial charge in [-0.05, 0) is 24.3 Å². The Labute approximate surface area is 139 Å². The summed E-state index contributed by atoms with van der Waals surface area (Å²) < 4.78 is 23.4. The first-order valence-electron chi connectivity index (χ1n) is 8.04. The smallest absolute Gasteiger partial charge is 0.408 e. The Morgan fingerprint density at radius 2 is 1.91 bits per heavy atom. The highest BCUT2D eigenvalue weighted by molar-refractivity contribution is 7.58. The molecule has 1 aromatic carbocycles. The third-order valence-electron chi connectivity index (χ3n) is 3.31. The molecular formula is C17H28NO4P. The van der Waals surface area contributed by atoms with Crippen LogP contribution < -0.4 is 5.32 Å². The van der Waals surface area contributed by atoms with Crippen LogP contribution in [0.2, 0.25) is 0 Å². The summed E-state index contributed by atoms with van der Waals surface area (Å²) in [6.07, 6.45) is 0.796. The Morgan fingerprint density at radius 1 is 1.26 bits per heavy atom. The van der Waals surface area contributed by atoms with Crippen molar-refractivity contribution in [3.63, 3.8) is 0 Å². The number of amides is 1. The second-order valence-corrected chi connectivity index (χ2v) is 8.79. The lowest BCUT2D eigenvalue weighted by atomic mass is 10.1. The molecule has 1 rings (SSSR count). The van der Waals surface area contributed by atoms with Crippen LogP contribution in [0.15, 0.2) is 30.3 Å². The number of benzene rings is 1. The quantitative estimate of drug-likeness (QED) is 0.666. The van der Waals surface area contributed by atoms with Crippen LogP contribution in [-0.4, -0.2) is 25.1 Å². The van der Waals surface area contributed by atoms with Gasteiger partial charge in [-0.3, -0.25) is 4.57 Å². The molecule has 6 heteroatoms. The molecule has 0 spiro atoms. The molecule has 0 fully saturated rings. The van der Waals surface area contributed by atoms with Crippen molar-refractivity contribution in [3.05, 3.63) is 35.9 Å². The monoisotopic (exact) mass is 341 g/mol. The zero-order valence-corrected chi connectivity index (χ0v) is 15.3. The number of carbonyl (C=O) groups excluding carboxylic acids is 1. The molecule has 0 aliphatic rings. The highest BCUT2D eigenvalue weighted by Crippen LogP contribution is 2.49. The third kappa shape index (κ3) is 7.67. The lowest BCUT2D eigenvalue weighted by Gasteiger charge is -2.26. The van der Waals surface area contributed by atoms with E-state index in [9.17, 15) is 9.36 Å². The van der Waals surface area contributed by atoms with Crippen molar-refractivity contribution in [3.8, 4) is 0 Å². The molecule has 0 saturated carbocycles. The van der Waals surface area contributed by atoms with Gasteiger partial charge in [0.2, 0.25) is 7.37 Å². The van der Waals surface area contributed by atoms with Gasteiger partial charge in [0, 0.05) is 6.66 Å². The molecular weight excluding hydrogens is 313 g/mol. The summed E-state index contributed by atoms with van der Waals surface area (Å²) in [5.41, 5.74) is 0.907. The Bertz CT molecular complexity index is 519. The fourth-order valence-electron chi connectivity index (χ4n) is 2.08. The number of hydrogen-bond donors (Lipinski definition) is 1. The summed E-state index contributed by atoms with van der Waals surface area (Å²) in [4.78, 5) is 12.0. The maximum absolute atomic E-state index is 12.7. The molecule has 0 heterocycles. The normalized spacial score (nSPS) is 15.0. The van der Waals surface area contributed by atoms with Crippen LogP contribution in [0, 0.1) is 5.92 Å². The molecule has 0 aliphatic carbocycles. The van der Waals surface area contributed by atoms with Gasteiger partial charge in [0.1, 0.15) is 12.4 Å². The van der Waals surface area contributed by atoms with E-state index in [0.717, 1.165) is 12.0 Å². The van der Waals surface area contributed by atoms with Crippen LogP contribution in [0.5, 0.6) is 0 Å². The maximum atomic E-state index is 12.7. The predicted molar refractivity (Wildman–Crippen MR) is 92.8 cm³/mol. The molecule has 0 radical (unpaired) electrons. The number of rotatable bonds is 9. The van der Waals surface area contributed by atoms with Gasteiger partial charge in [0.15, 0.2) is 0 Å². The molecule has 1 N–H and O–H groups in total. The predicted octanol–water partition coefficient (Wildman–Crippen LogP) is 4.62. The Morgan fingerprint density at radius 3 is 2.48 bits per heavy atom. The van der Waals surface area contributed by atoms with E-state index >= 15 is 0 Å². The summed E-state index contributed by atoms with van der Waals surface area (Å²) >= 11 is 0. The van der Waals surface area contributed by atoms with E-state index in [1.165, 1.54) is 0 Å². The van der Waals surface area contributed by atoms with Gasteiger partial charge in [0.25, 0.3) is 0 Å². The van der Waals surface area contributed by atoms with E-state index in [1.807, 2.05) is 51.1 Å². The van der Waals surface area contributed by atoms with Gasteiger partial charge in [-0.1, -0.05) is 51.1 Å². The van der Waals surface area contributed by atoms with Gasteiger partial charge >= 0.3 is 6.09 Å². The van der Waals surface area contributed by atoms with Gasteiger partial charge in [0.05, 0.1) is 6.61 Å². The Balaban J connectivity index is 2.61. The lowest BCUT2D eigenvalue weighted by Crippen LogP contribution is -2.36. The minimum atomic E-state index is -2.93. The summed E-state index contributed by atoms with van der Waals surface area (Å²) in [7, 11) is -2.93. The molecule has 2 atom stereocenters. The molecule has 1 aromatic rings. The van der Waals surface area contributed by atoms with Crippen molar-refractivity contribution in [1.29, 1.82) is 0 Å². The largest absolute Gasteiger partial charge is 0.445 e. The highest BCUT2D eigenvalue weighted by atomic mass is 31.2. The second kappa shape index (κ2) is 9.74. The molecule has 0 aliphatic heterocycles. The molecule has 0 bridgehead atoms. The van der Waals surface area contributed by atoms with Gasteiger partial charge in [-0.25, -0.2) is 4.79 Å². The first-order chi connectivity index (χ1) is 10.8. The molecule has 0 aromatic heterocycles. The number of carbonyl (C=O) groups is 1. The van der Waals surface area contributed by atoms with Crippen molar-refractivity contribution in [2.75, 3.05) is 13.3 Å². The lowest BCUT2D eigenvalue weighted by molar-refractivity contribution is 0.136. The number of hydrogen-bond acceptors (Lipinski definition) is 4. The average molecular weight is 341 g/mol. The fraction of sp³-hybridized carbons (Fsp3) is 0.588. The molecule has 2 unspecified atom stereocenters. The van der Waals surface area contributed by atoms with E-state index in [1.54, 1.807) is 6.66 Å². The van der Waals surface area contributed by atoms with Crippen LogP contribution in [0.25, 0.3) is 0 Å². The van der Waals surface area contributed by atoms with E-state index in [-0.39, 0.29) is 12.5 Å². The summed E-state index contributed by atoms with van der Waals surface area (Å²) in [5, 5.41) is 2.72. The Hall–Kier alpha value is -1.32. The minimum absolute atomic E-state index is 0.185.